The fourth-order valence-electron chi connectivity index (χ4n) is 4.56. The summed E-state index contributed by atoms with van der Waals surface area (Å²) >= 11 is 0. The van der Waals surface area contributed by atoms with Crippen LogP contribution in [0.15, 0.2) is 18.2 Å². The number of aliphatic hydroxyl groups is 1. The van der Waals surface area contributed by atoms with Gasteiger partial charge in [0.2, 0.25) is 0 Å². The molecule has 32 heavy (non-hydrogen) atoms. The molecule has 0 amide bonds. The maximum absolute atomic E-state index is 14.5. The molecule has 0 saturated heterocycles. The second-order valence-corrected chi connectivity index (χ2v) is 8.80. The van der Waals surface area contributed by atoms with Gasteiger partial charge in [0, 0.05) is 24.4 Å². The lowest BCUT2D eigenvalue weighted by molar-refractivity contribution is -0.0107. The maximum Gasteiger partial charge on any atom is 0.266 e. The lowest BCUT2D eigenvalue weighted by Crippen LogP contribution is -2.42. The van der Waals surface area contributed by atoms with Gasteiger partial charge >= 0.3 is 0 Å². The molecule has 1 aliphatic carbocycles. The third-order valence-corrected chi connectivity index (χ3v) is 6.44. The van der Waals surface area contributed by atoms with Crippen molar-refractivity contribution in [2.45, 2.75) is 76.5 Å². The highest BCUT2D eigenvalue weighted by Gasteiger charge is 2.32. The Morgan fingerprint density at radius 3 is 2.75 bits per heavy atom. The molecule has 1 saturated carbocycles. The van der Waals surface area contributed by atoms with Crippen LogP contribution in [-0.4, -0.2) is 26.7 Å². The Hall–Kier alpha value is -2.61. The van der Waals surface area contributed by atoms with E-state index >= 15 is 0 Å². The van der Waals surface area contributed by atoms with Crippen molar-refractivity contribution in [3.8, 4) is 0 Å². The van der Waals surface area contributed by atoms with Crippen molar-refractivity contribution < 1.29 is 18.3 Å². The molecule has 3 aliphatic rings. The molecule has 5 nitrogen and oxygen atoms in total. The SMILES string of the molecule is Cc1nc(NCc2cccc(C(F)F)c2F)c2/c(n1)=C\CCCC1(O)CCC(CC1)N/C=2. The Balaban J connectivity index is 1.67. The van der Waals surface area contributed by atoms with E-state index in [1.807, 2.05) is 12.3 Å². The van der Waals surface area contributed by atoms with Gasteiger partial charge in [-0.25, -0.2) is 23.1 Å². The Morgan fingerprint density at radius 1 is 1.22 bits per heavy atom. The molecule has 1 aromatic carbocycles. The third kappa shape index (κ3) is 5.06. The topological polar surface area (TPSA) is 70.1 Å². The standard InChI is InChI=1S/C24H29F3N4O/c1-15-30-20-7-2-3-10-24(32)11-8-17(9-12-24)28-14-19(20)23(31-15)29-13-16-5-4-6-18(21(16)25)22(26)27/h4-7,14,17,22,28,32H,2-3,8-13H2,1H3,(H,29,30,31)/b19-14-,20-7+. The van der Waals surface area contributed by atoms with Crippen molar-refractivity contribution in [3.63, 3.8) is 0 Å². The van der Waals surface area contributed by atoms with Gasteiger partial charge in [-0.05, 0) is 51.9 Å². The average molecular weight is 447 g/mol. The molecule has 0 radical (unpaired) electrons. The molecule has 5 rings (SSSR count). The summed E-state index contributed by atoms with van der Waals surface area (Å²) in [6.45, 7) is 1.81. The van der Waals surface area contributed by atoms with E-state index < -0.39 is 23.4 Å². The monoisotopic (exact) mass is 446 g/mol. The normalized spacial score (nSPS) is 25.4. The molecule has 0 unspecified atom stereocenters. The van der Waals surface area contributed by atoms with Gasteiger partial charge < -0.3 is 15.7 Å². The molecule has 3 heterocycles. The number of anilines is 1. The predicted octanol–water partition coefficient (Wildman–Crippen LogP) is 3.44. The second kappa shape index (κ2) is 9.48. The van der Waals surface area contributed by atoms with Gasteiger partial charge in [0.05, 0.1) is 21.7 Å². The summed E-state index contributed by atoms with van der Waals surface area (Å²) in [4.78, 5) is 9.08. The summed E-state index contributed by atoms with van der Waals surface area (Å²) in [6, 6.07) is 4.27. The number of alkyl halides is 2. The molecular formula is C24H29F3N4O. The minimum atomic E-state index is -2.86. The summed E-state index contributed by atoms with van der Waals surface area (Å²) in [7, 11) is 0. The molecule has 3 N–H and O–H groups in total. The van der Waals surface area contributed by atoms with E-state index in [4.69, 9.17) is 0 Å². The molecule has 2 bridgehead atoms. The fraction of sp³-hybridized carbons (Fsp3) is 0.500. The van der Waals surface area contributed by atoms with E-state index in [1.54, 1.807) is 6.92 Å². The highest BCUT2D eigenvalue weighted by atomic mass is 19.3. The quantitative estimate of drug-likeness (QED) is 0.671. The third-order valence-electron chi connectivity index (χ3n) is 6.44. The number of benzene rings is 1. The van der Waals surface area contributed by atoms with Crippen LogP contribution in [0.5, 0.6) is 0 Å². The molecule has 1 aromatic heterocycles. The highest BCUT2D eigenvalue weighted by molar-refractivity contribution is 5.45. The van der Waals surface area contributed by atoms with Crippen LogP contribution in [0.2, 0.25) is 0 Å². The number of nitrogens with one attached hydrogen (secondary N) is 2. The van der Waals surface area contributed by atoms with Crippen molar-refractivity contribution in [2.24, 2.45) is 0 Å². The molecule has 172 valence electrons. The number of halogens is 3. The Kier molecular flexibility index (Phi) is 6.69. The lowest BCUT2D eigenvalue weighted by Gasteiger charge is -2.36. The van der Waals surface area contributed by atoms with Crippen LogP contribution in [-0.2, 0) is 6.54 Å². The summed E-state index contributed by atoms with van der Waals surface area (Å²) in [5.41, 5.74) is -1.01. The fourth-order valence-corrected chi connectivity index (χ4v) is 4.56. The smallest absolute Gasteiger partial charge is 0.266 e. The van der Waals surface area contributed by atoms with E-state index in [0.717, 1.165) is 61.6 Å². The van der Waals surface area contributed by atoms with Crippen LogP contribution in [0.1, 0.15) is 68.3 Å². The minimum absolute atomic E-state index is 0.0274. The van der Waals surface area contributed by atoms with Crippen LogP contribution in [0, 0.1) is 12.7 Å². The first-order valence-electron chi connectivity index (χ1n) is 11.2. The average Bonchev–Trinajstić information content (AvgIpc) is 2.75. The summed E-state index contributed by atoms with van der Waals surface area (Å²) in [5, 5.41) is 18.9. The second-order valence-electron chi connectivity index (χ2n) is 8.80. The van der Waals surface area contributed by atoms with E-state index in [1.165, 1.54) is 12.1 Å². The van der Waals surface area contributed by atoms with Crippen LogP contribution in [0.25, 0.3) is 12.3 Å². The zero-order valence-corrected chi connectivity index (χ0v) is 18.2. The van der Waals surface area contributed by atoms with Gasteiger partial charge in [-0.15, -0.1) is 0 Å². The van der Waals surface area contributed by atoms with Crippen molar-refractivity contribution in [2.75, 3.05) is 5.32 Å². The number of fused-ring (bicyclic) bond motifs is 6. The van der Waals surface area contributed by atoms with E-state index in [-0.39, 0.29) is 18.2 Å². The van der Waals surface area contributed by atoms with Gasteiger partial charge in [-0.3, -0.25) is 0 Å². The van der Waals surface area contributed by atoms with Gasteiger partial charge in [-0.1, -0.05) is 24.3 Å². The number of aromatic nitrogens is 2. The number of hydrogen-bond donors (Lipinski definition) is 3. The molecule has 2 aromatic rings. The van der Waals surface area contributed by atoms with Gasteiger partial charge in [0.1, 0.15) is 17.5 Å². The highest BCUT2D eigenvalue weighted by Crippen LogP contribution is 2.32. The first-order valence-corrected chi connectivity index (χ1v) is 11.2. The Morgan fingerprint density at radius 2 is 2.00 bits per heavy atom. The Labute approximate surface area is 185 Å². The summed E-state index contributed by atoms with van der Waals surface area (Å²) < 4.78 is 40.6. The maximum atomic E-state index is 14.5. The van der Waals surface area contributed by atoms with Gasteiger partial charge in [0.15, 0.2) is 0 Å². The first-order chi connectivity index (χ1) is 15.3. The Bertz CT molecular complexity index is 1080. The number of rotatable bonds is 4. The minimum Gasteiger partial charge on any atom is -0.390 e. The molecule has 2 aliphatic heterocycles. The first kappa shape index (κ1) is 22.6. The molecule has 0 spiro atoms. The van der Waals surface area contributed by atoms with E-state index in [9.17, 15) is 18.3 Å². The van der Waals surface area contributed by atoms with Crippen LogP contribution in [0.3, 0.4) is 0 Å². The molecule has 8 heteroatoms. The van der Waals surface area contributed by atoms with Gasteiger partial charge in [-0.2, -0.15) is 0 Å². The number of nitrogens with zero attached hydrogens (tertiary/aromatic N) is 2. The van der Waals surface area contributed by atoms with Crippen molar-refractivity contribution in [3.05, 3.63) is 51.5 Å². The van der Waals surface area contributed by atoms with E-state index in [2.05, 4.69) is 20.6 Å². The van der Waals surface area contributed by atoms with Gasteiger partial charge in [0.25, 0.3) is 6.43 Å². The van der Waals surface area contributed by atoms with Crippen LogP contribution < -0.4 is 21.2 Å². The largest absolute Gasteiger partial charge is 0.390 e. The lowest BCUT2D eigenvalue weighted by atomic mass is 9.79. The van der Waals surface area contributed by atoms with Crippen LogP contribution >= 0.6 is 0 Å². The number of hydrogen-bond acceptors (Lipinski definition) is 5. The predicted molar refractivity (Wildman–Crippen MR) is 118 cm³/mol. The zero-order valence-electron chi connectivity index (χ0n) is 18.2. The van der Waals surface area contributed by atoms with Crippen molar-refractivity contribution in [1.82, 2.24) is 15.3 Å². The van der Waals surface area contributed by atoms with Crippen molar-refractivity contribution >= 4 is 18.1 Å². The summed E-state index contributed by atoms with van der Waals surface area (Å²) in [6.07, 6.45) is 6.78. The van der Waals surface area contributed by atoms with Crippen LogP contribution in [0.4, 0.5) is 19.0 Å². The van der Waals surface area contributed by atoms with Crippen molar-refractivity contribution in [1.29, 1.82) is 0 Å². The summed E-state index contributed by atoms with van der Waals surface area (Å²) in [5.74, 6) is 0.195. The van der Waals surface area contributed by atoms with E-state index in [0.29, 0.717) is 11.6 Å². The molecular weight excluding hydrogens is 417 g/mol. The molecule has 1 fully saturated rings. The molecule has 0 atom stereocenters. The number of aryl methyl sites for hydroxylation is 1. The zero-order chi connectivity index (χ0) is 22.7.